The summed E-state index contributed by atoms with van der Waals surface area (Å²) in [5, 5.41) is 3.04. The van der Waals surface area contributed by atoms with Crippen LogP contribution in [0, 0.1) is 6.92 Å². The Morgan fingerprint density at radius 3 is 2.22 bits per heavy atom. The molecule has 0 radical (unpaired) electrons. The maximum atomic E-state index is 13.9. The van der Waals surface area contributed by atoms with Crippen molar-refractivity contribution in [1.29, 1.82) is 0 Å². The van der Waals surface area contributed by atoms with Crippen molar-refractivity contribution in [2.45, 2.75) is 25.9 Å². The van der Waals surface area contributed by atoms with Crippen molar-refractivity contribution < 1.29 is 18.0 Å². The third-order valence-corrected chi connectivity index (χ3v) is 8.04. The van der Waals surface area contributed by atoms with Crippen LogP contribution in [-0.4, -0.2) is 51.0 Å². The molecule has 0 aliphatic heterocycles. The second-order valence-corrected chi connectivity index (χ2v) is 11.9. The third kappa shape index (κ3) is 7.56. The molecule has 1 atom stereocenters. The molecule has 0 aromatic heterocycles. The first-order valence-corrected chi connectivity index (χ1v) is 14.6. The normalized spacial score (nSPS) is 12.0. The minimum atomic E-state index is -3.85. The van der Waals surface area contributed by atoms with E-state index in [9.17, 15) is 18.0 Å². The number of carbonyl (C=O) groups excluding carboxylic acids is 2. The molecule has 0 fully saturated rings. The van der Waals surface area contributed by atoms with Crippen LogP contribution < -0.4 is 9.62 Å². The van der Waals surface area contributed by atoms with Crippen LogP contribution in [0.4, 0.5) is 5.69 Å². The van der Waals surface area contributed by atoms with Gasteiger partial charge in [0.1, 0.15) is 12.6 Å². The Balaban J connectivity index is 2.05. The Kier molecular flexibility index (Phi) is 9.75. The maximum Gasteiger partial charge on any atom is 0.244 e. The first-order chi connectivity index (χ1) is 17.5. The van der Waals surface area contributed by atoms with Crippen LogP contribution in [0.1, 0.15) is 16.7 Å². The first-order valence-electron chi connectivity index (χ1n) is 11.5. The van der Waals surface area contributed by atoms with Crippen molar-refractivity contribution in [1.82, 2.24) is 10.2 Å². The Bertz CT molecular complexity index is 1350. The van der Waals surface area contributed by atoms with E-state index in [2.05, 4.69) is 21.2 Å². The van der Waals surface area contributed by atoms with Gasteiger partial charge in [0.15, 0.2) is 0 Å². The summed E-state index contributed by atoms with van der Waals surface area (Å²) in [5.74, 6) is -0.864. The molecule has 2 amide bonds. The van der Waals surface area contributed by atoms with Crippen molar-refractivity contribution in [3.63, 3.8) is 0 Å². The zero-order valence-electron chi connectivity index (χ0n) is 20.8. The predicted molar refractivity (Wildman–Crippen MR) is 151 cm³/mol. The van der Waals surface area contributed by atoms with Gasteiger partial charge in [-0.25, -0.2) is 8.42 Å². The third-order valence-electron chi connectivity index (χ3n) is 5.97. The largest absolute Gasteiger partial charge is 0.357 e. The molecule has 0 aliphatic carbocycles. The summed E-state index contributed by atoms with van der Waals surface area (Å²) in [6.07, 6.45) is 1.30. The molecule has 0 unspecified atom stereocenters. The molecule has 3 aromatic rings. The number of carbonyl (C=O) groups is 2. The molecule has 3 aromatic carbocycles. The van der Waals surface area contributed by atoms with Gasteiger partial charge in [0.25, 0.3) is 0 Å². The topological polar surface area (TPSA) is 86.8 Å². The number of sulfonamides is 1. The highest BCUT2D eigenvalue weighted by Gasteiger charge is 2.33. The molecule has 0 bridgehead atoms. The molecule has 0 saturated carbocycles. The first kappa shape index (κ1) is 28.7. The van der Waals surface area contributed by atoms with E-state index in [1.807, 2.05) is 54.6 Å². The van der Waals surface area contributed by atoms with Crippen LogP contribution in [0.3, 0.4) is 0 Å². The number of benzene rings is 3. The second-order valence-electron chi connectivity index (χ2n) is 8.62. The molecule has 37 heavy (non-hydrogen) atoms. The van der Waals surface area contributed by atoms with Gasteiger partial charge in [0.05, 0.1) is 11.9 Å². The van der Waals surface area contributed by atoms with Crippen LogP contribution in [0.5, 0.6) is 0 Å². The second kappa shape index (κ2) is 12.6. The lowest BCUT2D eigenvalue weighted by molar-refractivity contribution is -0.139. The maximum absolute atomic E-state index is 13.9. The molecular weight excluding hydrogens is 578 g/mol. The van der Waals surface area contributed by atoms with Crippen LogP contribution in [-0.2, 0) is 32.6 Å². The van der Waals surface area contributed by atoms with E-state index >= 15 is 0 Å². The number of likely N-dealkylation sites (N-methyl/N-ethyl adjacent to an activating group) is 1. The molecule has 10 heteroatoms. The highest BCUT2D eigenvalue weighted by atomic mass is 79.9. The lowest BCUT2D eigenvalue weighted by Crippen LogP contribution is -2.53. The molecule has 0 aliphatic rings. The minimum absolute atomic E-state index is 0.114. The van der Waals surface area contributed by atoms with E-state index in [1.165, 1.54) is 11.9 Å². The summed E-state index contributed by atoms with van der Waals surface area (Å²) in [7, 11) is -2.34. The predicted octanol–water partition coefficient (Wildman–Crippen LogP) is 4.56. The molecule has 3 rings (SSSR count). The Morgan fingerprint density at radius 1 is 0.973 bits per heavy atom. The van der Waals surface area contributed by atoms with E-state index in [0.29, 0.717) is 16.3 Å². The Labute approximate surface area is 231 Å². The van der Waals surface area contributed by atoms with Gasteiger partial charge in [0, 0.05) is 29.5 Å². The highest BCUT2D eigenvalue weighted by Crippen LogP contribution is 2.28. The fourth-order valence-corrected chi connectivity index (χ4v) is 5.30. The summed E-state index contributed by atoms with van der Waals surface area (Å²) in [6, 6.07) is 20.8. The SMILES string of the molecule is CNC(=O)[C@H](Cc1ccccc1)N(Cc1ccc(Br)cc1)C(=O)CN(c1cccc(Cl)c1C)S(C)(=O)=O. The highest BCUT2D eigenvalue weighted by molar-refractivity contribution is 9.10. The summed E-state index contributed by atoms with van der Waals surface area (Å²) in [4.78, 5) is 28.4. The van der Waals surface area contributed by atoms with Gasteiger partial charge in [-0.1, -0.05) is 76.1 Å². The molecule has 1 N–H and O–H groups in total. The summed E-state index contributed by atoms with van der Waals surface area (Å²) in [6.45, 7) is 1.32. The summed E-state index contributed by atoms with van der Waals surface area (Å²) < 4.78 is 27.6. The van der Waals surface area contributed by atoms with Crippen molar-refractivity contribution in [3.05, 3.63) is 99.0 Å². The number of halogens is 2. The van der Waals surface area contributed by atoms with Crippen molar-refractivity contribution in [2.24, 2.45) is 0 Å². The number of nitrogens with one attached hydrogen (secondary N) is 1. The number of anilines is 1. The van der Waals surface area contributed by atoms with Gasteiger partial charge in [-0.15, -0.1) is 0 Å². The van der Waals surface area contributed by atoms with E-state index < -0.39 is 28.5 Å². The van der Waals surface area contributed by atoms with Crippen LogP contribution in [0.15, 0.2) is 77.3 Å². The van der Waals surface area contributed by atoms with Gasteiger partial charge >= 0.3 is 0 Å². The quantitative estimate of drug-likeness (QED) is 0.367. The number of amides is 2. The monoisotopic (exact) mass is 605 g/mol. The van der Waals surface area contributed by atoms with Gasteiger partial charge in [0.2, 0.25) is 21.8 Å². The zero-order chi connectivity index (χ0) is 27.2. The van der Waals surface area contributed by atoms with Gasteiger partial charge in [-0.05, 0) is 47.9 Å². The van der Waals surface area contributed by atoms with Crippen LogP contribution in [0.2, 0.25) is 5.02 Å². The molecular formula is C27H29BrClN3O4S. The van der Waals surface area contributed by atoms with E-state index in [0.717, 1.165) is 26.2 Å². The minimum Gasteiger partial charge on any atom is -0.357 e. The lowest BCUT2D eigenvalue weighted by atomic mass is 10.0. The average Bonchev–Trinajstić information content (AvgIpc) is 2.87. The summed E-state index contributed by atoms with van der Waals surface area (Å²) in [5.41, 5.74) is 2.51. The lowest BCUT2D eigenvalue weighted by Gasteiger charge is -2.33. The smallest absolute Gasteiger partial charge is 0.244 e. The molecule has 0 spiro atoms. The standard InChI is InChI=1S/C27H29BrClN3O4S/c1-19-23(29)10-7-11-24(19)32(37(3,35)36)18-26(33)31(17-21-12-14-22(28)15-13-21)25(27(34)30-2)16-20-8-5-4-6-9-20/h4-15,25H,16-18H2,1-3H3,(H,30,34)/t25-/m0/s1. The number of hydrogen-bond donors (Lipinski definition) is 1. The average molecular weight is 607 g/mol. The molecule has 7 nitrogen and oxygen atoms in total. The molecule has 0 saturated heterocycles. The zero-order valence-corrected chi connectivity index (χ0v) is 24.0. The molecule has 196 valence electrons. The van der Waals surface area contributed by atoms with E-state index in [4.69, 9.17) is 11.6 Å². The fourth-order valence-electron chi connectivity index (χ4n) is 3.97. The van der Waals surface area contributed by atoms with E-state index in [1.54, 1.807) is 25.1 Å². The van der Waals surface area contributed by atoms with E-state index in [-0.39, 0.29) is 18.9 Å². The van der Waals surface area contributed by atoms with Crippen LogP contribution in [0.25, 0.3) is 0 Å². The van der Waals surface area contributed by atoms with Gasteiger partial charge in [-0.3, -0.25) is 13.9 Å². The Hall–Kier alpha value is -2.88. The number of nitrogens with zero attached hydrogens (tertiary/aromatic N) is 2. The van der Waals surface area contributed by atoms with Gasteiger partial charge < -0.3 is 10.2 Å². The van der Waals surface area contributed by atoms with Gasteiger partial charge in [-0.2, -0.15) is 0 Å². The summed E-state index contributed by atoms with van der Waals surface area (Å²) >= 11 is 9.67. The van der Waals surface area contributed by atoms with Crippen molar-refractivity contribution in [2.75, 3.05) is 24.2 Å². The fraction of sp³-hybridized carbons (Fsp3) is 0.259. The Morgan fingerprint density at radius 2 is 1.62 bits per heavy atom. The van der Waals surface area contributed by atoms with Crippen molar-refractivity contribution >= 4 is 55.1 Å². The van der Waals surface area contributed by atoms with Crippen molar-refractivity contribution in [3.8, 4) is 0 Å². The van der Waals surface area contributed by atoms with Crippen LogP contribution >= 0.6 is 27.5 Å². The number of hydrogen-bond acceptors (Lipinski definition) is 4. The molecule has 0 heterocycles. The number of rotatable bonds is 10.